The van der Waals surface area contributed by atoms with E-state index in [0.29, 0.717) is 16.4 Å². The van der Waals surface area contributed by atoms with Crippen LogP contribution in [0.25, 0.3) is 22.3 Å². The molecule has 0 saturated carbocycles. The van der Waals surface area contributed by atoms with E-state index in [9.17, 15) is 9.18 Å². The number of benzene rings is 2. The number of aryl methyl sites for hydroxylation is 1. The first-order valence-corrected chi connectivity index (χ1v) is 7.91. The molecule has 3 rings (SSSR count). The molecule has 1 heterocycles. The van der Waals surface area contributed by atoms with Crippen LogP contribution in [0.15, 0.2) is 47.5 Å². The number of fused-ring (bicyclic) bond motifs is 1. The molecule has 0 spiro atoms. The molecule has 0 amide bonds. The summed E-state index contributed by atoms with van der Waals surface area (Å²) in [7, 11) is 0. The Morgan fingerprint density at radius 1 is 1.17 bits per heavy atom. The molecule has 6 heteroatoms. The van der Waals surface area contributed by atoms with Gasteiger partial charge in [-0.05, 0) is 36.8 Å². The average molecular weight is 328 g/mol. The van der Waals surface area contributed by atoms with Crippen molar-refractivity contribution in [3.8, 4) is 11.4 Å². The number of aliphatic carboxylic acids is 1. The van der Waals surface area contributed by atoms with Crippen LogP contribution in [0.1, 0.15) is 5.56 Å². The Balaban J connectivity index is 2.17. The Bertz CT molecular complexity index is 882. The summed E-state index contributed by atoms with van der Waals surface area (Å²) in [5.74, 6) is -0.855. The molecular weight excluding hydrogens is 315 g/mol. The smallest absolute Gasteiger partial charge is 0.313 e. The Morgan fingerprint density at radius 3 is 2.61 bits per heavy atom. The van der Waals surface area contributed by atoms with E-state index in [-0.39, 0.29) is 11.6 Å². The molecule has 0 unspecified atom stereocenters. The fraction of sp³-hybridized carbons (Fsp3) is 0.118. The molecular formula is C17H13FN2O2S. The Kier molecular flexibility index (Phi) is 4.25. The van der Waals surface area contributed by atoms with Crippen LogP contribution in [0.5, 0.6) is 0 Å². The summed E-state index contributed by atoms with van der Waals surface area (Å²) >= 11 is 1.15. The van der Waals surface area contributed by atoms with E-state index in [2.05, 4.69) is 9.97 Å². The highest BCUT2D eigenvalue weighted by Gasteiger charge is 2.12. The van der Waals surface area contributed by atoms with Crippen molar-refractivity contribution in [3.05, 3.63) is 53.8 Å². The third kappa shape index (κ3) is 3.32. The van der Waals surface area contributed by atoms with Gasteiger partial charge in [0.1, 0.15) is 10.8 Å². The molecule has 0 aliphatic rings. The second-order valence-corrected chi connectivity index (χ2v) is 5.98. The maximum atomic E-state index is 13.1. The van der Waals surface area contributed by atoms with Crippen molar-refractivity contribution in [2.45, 2.75) is 11.9 Å². The maximum absolute atomic E-state index is 13.1. The van der Waals surface area contributed by atoms with E-state index in [1.54, 1.807) is 12.1 Å². The fourth-order valence-corrected chi connectivity index (χ4v) is 2.97. The average Bonchev–Trinajstić information content (AvgIpc) is 2.54. The predicted molar refractivity (Wildman–Crippen MR) is 88.0 cm³/mol. The van der Waals surface area contributed by atoms with Crippen molar-refractivity contribution in [2.24, 2.45) is 0 Å². The lowest BCUT2D eigenvalue weighted by Crippen LogP contribution is -2.00. The number of carboxylic acids is 1. The topological polar surface area (TPSA) is 63.1 Å². The minimum Gasteiger partial charge on any atom is -0.481 e. The zero-order valence-electron chi connectivity index (χ0n) is 12.3. The number of thioether (sulfide) groups is 1. The Labute approximate surface area is 136 Å². The largest absolute Gasteiger partial charge is 0.481 e. The number of aromatic nitrogens is 2. The first-order chi connectivity index (χ1) is 11.0. The van der Waals surface area contributed by atoms with Crippen LogP contribution in [0, 0.1) is 12.7 Å². The summed E-state index contributed by atoms with van der Waals surface area (Å²) in [6.07, 6.45) is 0. The SMILES string of the molecule is Cc1cccc2c(SCC(=O)O)nc(-c3ccc(F)cc3)nc12. The van der Waals surface area contributed by atoms with Gasteiger partial charge in [-0.1, -0.05) is 30.0 Å². The number of carboxylic acid groups (broad SMARTS) is 1. The van der Waals surface area contributed by atoms with Gasteiger partial charge < -0.3 is 5.11 Å². The molecule has 116 valence electrons. The Morgan fingerprint density at radius 2 is 1.91 bits per heavy atom. The molecule has 0 bridgehead atoms. The summed E-state index contributed by atoms with van der Waals surface area (Å²) < 4.78 is 13.1. The first-order valence-electron chi connectivity index (χ1n) is 6.92. The van der Waals surface area contributed by atoms with Gasteiger partial charge in [0.05, 0.1) is 11.3 Å². The summed E-state index contributed by atoms with van der Waals surface area (Å²) in [6, 6.07) is 11.6. The van der Waals surface area contributed by atoms with Gasteiger partial charge in [0.15, 0.2) is 5.82 Å². The van der Waals surface area contributed by atoms with E-state index in [1.165, 1.54) is 12.1 Å². The summed E-state index contributed by atoms with van der Waals surface area (Å²) in [4.78, 5) is 19.9. The van der Waals surface area contributed by atoms with Gasteiger partial charge in [0.2, 0.25) is 0 Å². The molecule has 0 saturated heterocycles. The van der Waals surface area contributed by atoms with Crippen LogP contribution >= 0.6 is 11.8 Å². The van der Waals surface area contributed by atoms with Gasteiger partial charge >= 0.3 is 5.97 Å². The van der Waals surface area contributed by atoms with Crippen LogP contribution in [-0.4, -0.2) is 26.8 Å². The molecule has 0 radical (unpaired) electrons. The van der Waals surface area contributed by atoms with Crippen LogP contribution in [0.2, 0.25) is 0 Å². The van der Waals surface area contributed by atoms with Crippen LogP contribution in [0.4, 0.5) is 4.39 Å². The second-order valence-electron chi connectivity index (χ2n) is 5.01. The van der Waals surface area contributed by atoms with E-state index < -0.39 is 5.97 Å². The van der Waals surface area contributed by atoms with E-state index in [4.69, 9.17) is 5.11 Å². The third-order valence-electron chi connectivity index (χ3n) is 3.33. The number of hydrogen-bond donors (Lipinski definition) is 1. The quantitative estimate of drug-likeness (QED) is 0.581. The molecule has 0 atom stereocenters. The predicted octanol–water partition coefficient (Wildman–Crippen LogP) is 3.92. The van der Waals surface area contributed by atoms with Crippen LogP contribution in [0.3, 0.4) is 0 Å². The van der Waals surface area contributed by atoms with Crippen molar-refractivity contribution in [1.29, 1.82) is 0 Å². The fourth-order valence-electron chi connectivity index (χ4n) is 2.24. The molecule has 23 heavy (non-hydrogen) atoms. The van der Waals surface area contributed by atoms with Crippen molar-refractivity contribution in [2.75, 3.05) is 5.75 Å². The minimum absolute atomic E-state index is 0.0804. The van der Waals surface area contributed by atoms with E-state index >= 15 is 0 Å². The lowest BCUT2D eigenvalue weighted by atomic mass is 10.1. The van der Waals surface area contributed by atoms with Crippen molar-refractivity contribution in [1.82, 2.24) is 9.97 Å². The van der Waals surface area contributed by atoms with E-state index in [0.717, 1.165) is 28.2 Å². The summed E-state index contributed by atoms with van der Waals surface area (Å²) in [5.41, 5.74) is 2.44. The summed E-state index contributed by atoms with van der Waals surface area (Å²) in [6.45, 7) is 1.94. The highest BCUT2D eigenvalue weighted by molar-refractivity contribution is 8.00. The number of para-hydroxylation sites is 1. The van der Waals surface area contributed by atoms with Gasteiger partial charge in [0, 0.05) is 10.9 Å². The van der Waals surface area contributed by atoms with Gasteiger partial charge in [-0.15, -0.1) is 0 Å². The molecule has 4 nitrogen and oxygen atoms in total. The lowest BCUT2D eigenvalue weighted by Gasteiger charge is -2.09. The van der Waals surface area contributed by atoms with Gasteiger partial charge in [-0.3, -0.25) is 4.79 Å². The molecule has 0 aliphatic carbocycles. The monoisotopic (exact) mass is 328 g/mol. The van der Waals surface area contributed by atoms with Crippen molar-refractivity contribution >= 4 is 28.6 Å². The second kappa shape index (κ2) is 6.34. The first kappa shape index (κ1) is 15.4. The molecule has 2 aromatic carbocycles. The van der Waals surface area contributed by atoms with Gasteiger partial charge in [-0.25, -0.2) is 14.4 Å². The number of rotatable bonds is 4. The molecule has 3 aromatic rings. The molecule has 1 aromatic heterocycles. The van der Waals surface area contributed by atoms with Gasteiger partial charge in [0.25, 0.3) is 0 Å². The van der Waals surface area contributed by atoms with E-state index in [1.807, 2.05) is 25.1 Å². The number of halogens is 1. The minimum atomic E-state index is -0.905. The highest BCUT2D eigenvalue weighted by atomic mass is 32.2. The number of carbonyl (C=O) groups is 1. The highest BCUT2D eigenvalue weighted by Crippen LogP contribution is 2.29. The zero-order chi connectivity index (χ0) is 16.4. The Hall–Kier alpha value is -2.47. The standard InChI is InChI=1S/C17H13FN2O2S/c1-10-3-2-4-13-15(10)19-16(11-5-7-12(18)8-6-11)20-17(13)23-9-14(21)22/h2-8H,9H2,1H3,(H,21,22). The number of hydrogen-bond acceptors (Lipinski definition) is 4. The lowest BCUT2D eigenvalue weighted by molar-refractivity contribution is -0.133. The molecule has 0 aliphatic heterocycles. The molecule has 1 N–H and O–H groups in total. The zero-order valence-corrected chi connectivity index (χ0v) is 13.1. The van der Waals surface area contributed by atoms with Gasteiger partial charge in [-0.2, -0.15) is 0 Å². The summed E-state index contributed by atoms with van der Waals surface area (Å²) in [5, 5.41) is 10.3. The number of nitrogens with zero attached hydrogens (tertiary/aromatic N) is 2. The maximum Gasteiger partial charge on any atom is 0.313 e. The van der Waals surface area contributed by atoms with Crippen molar-refractivity contribution < 1.29 is 14.3 Å². The van der Waals surface area contributed by atoms with Crippen LogP contribution < -0.4 is 0 Å². The third-order valence-corrected chi connectivity index (χ3v) is 4.30. The van der Waals surface area contributed by atoms with Crippen LogP contribution in [-0.2, 0) is 4.79 Å². The molecule has 0 fully saturated rings. The van der Waals surface area contributed by atoms with Crippen molar-refractivity contribution in [3.63, 3.8) is 0 Å². The normalized spacial score (nSPS) is 10.9.